The maximum absolute atomic E-state index is 12.3. The number of nitrogens with one attached hydrogen (secondary N) is 2. The van der Waals surface area contributed by atoms with E-state index in [1.807, 2.05) is 0 Å². The molecule has 1 unspecified atom stereocenters. The highest BCUT2D eigenvalue weighted by atomic mass is 32.2. The maximum Gasteiger partial charge on any atom is 0.356 e. The molecule has 0 bridgehead atoms. The van der Waals surface area contributed by atoms with Gasteiger partial charge in [-0.25, -0.2) is 13.2 Å². The van der Waals surface area contributed by atoms with E-state index in [9.17, 15) is 18.0 Å². The lowest BCUT2D eigenvalue weighted by Gasteiger charge is -2.25. The molecule has 2 N–H and O–H groups in total. The van der Waals surface area contributed by atoms with Gasteiger partial charge >= 0.3 is 5.97 Å². The SMILES string of the molecule is CCOC(=O)c1cc(NC(=O)CC2CS(=O)(=O)c3ccccc3O2)n[nH]1. The van der Waals surface area contributed by atoms with Gasteiger partial charge < -0.3 is 14.8 Å². The molecule has 2 heterocycles. The van der Waals surface area contributed by atoms with E-state index in [4.69, 9.17) is 9.47 Å². The van der Waals surface area contributed by atoms with Crippen molar-refractivity contribution in [1.82, 2.24) is 10.2 Å². The van der Waals surface area contributed by atoms with E-state index in [0.717, 1.165) is 0 Å². The van der Waals surface area contributed by atoms with Crippen LogP contribution in [0.5, 0.6) is 5.75 Å². The number of carbonyl (C=O) groups excluding carboxylic acids is 2. The highest BCUT2D eigenvalue weighted by Crippen LogP contribution is 2.31. The molecule has 1 aliphatic heterocycles. The Labute approximate surface area is 149 Å². The van der Waals surface area contributed by atoms with Gasteiger partial charge in [-0.1, -0.05) is 12.1 Å². The van der Waals surface area contributed by atoms with Gasteiger partial charge in [0.2, 0.25) is 5.91 Å². The Morgan fingerprint density at radius 2 is 2.15 bits per heavy atom. The number of aromatic amines is 1. The van der Waals surface area contributed by atoms with Crippen LogP contribution in [0.1, 0.15) is 23.8 Å². The molecule has 26 heavy (non-hydrogen) atoms. The van der Waals surface area contributed by atoms with Crippen molar-refractivity contribution in [2.45, 2.75) is 24.3 Å². The van der Waals surface area contributed by atoms with E-state index < -0.39 is 27.8 Å². The molecule has 138 valence electrons. The predicted octanol–water partition coefficient (Wildman–Crippen LogP) is 1.15. The zero-order valence-electron chi connectivity index (χ0n) is 13.9. The van der Waals surface area contributed by atoms with Gasteiger partial charge in [-0.3, -0.25) is 9.89 Å². The van der Waals surface area contributed by atoms with Crippen LogP contribution in [0.2, 0.25) is 0 Å². The van der Waals surface area contributed by atoms with Crippen LogP contribution < -0.4 is 10.1 Å². The predicted molar refractivity (Wildman–Crippen MR) is 90.7 cm³/mol. The van der Waals surface area contributed by atoms with Crippen LogP contribution in [0.3, 0.4) is 0 Å². The lowest BCUT2D eigenvalue weighted by atomic mass is 10.2. The number of fused-ring (bicyclic) bond motifs is 1. The molecule has 1 atom stereocenters. The summed E-state index contributed by atoms with van der Waals surface area (Å²) in [5.74, 6) is -0.977. The van der Waals surface area contributed by atoms with Crippen LogP contribution in [-0.4, -0.2) is 49.0 Å². The number of ether oxygens (including phenoxy) is 2. The molecule has 1 aliphatic rings. The number of para-hydroxylation sites is 1. The van der Waals surface area contributed by atoms with Crippen LogP contribution >= 0.6 is 0 Å². The van der Waals surface area contributed by atoms with Crippen LogP contribution in [0, 0.1) is 0 Å². The van der Waals surface area contributed by atoms with Crippen molar-refractivity contribution in [1.29, 1.82) is 0 Å². The molecular formula is C16H17N3O6S. The number of rotatable bonds is 5. The summed E-state index contributed by atoms with van der Waals surface area (Å²) in [4.78, 5) is 23.8. The van der Waals surface area contributed by atoms with Crippen LogP contribution in [-0.2, 0) is 19.4 Å². The minimum absolute atomic E-state index is 0.104. The Balaban J connectivity index is 1.64. The Morgan fingerprint density at radius 3 is 2.92 bits per heavy atom. The largest absolute Gasteiger partial charge is 0.487 e. The number of nitrogens with zero attached hydrogens (tertiary/aromatic N) is 1. The minimum Gasteiger partial charge on any atom is -0.487 e. The van der Waals surface area contributed by atoms with Gasteiger partial charge in [-0.15, -0.1) is 0 Å². The fourth-order valence-electron chi connectivity index (χ4n) is 2.55. The quantitative estimate of drug-likeness (QED) is 0.746. The second kappa shape index (κ2) is 7.16. The van der Waals surface area contributed by atoms with Crippen LogP contribution in [0.15, 0.2) is 35.2 Å². The zero-order valence-corrected chi connectivity index (χ0v) is 14.7. The summed E-state index contributed by atoms with van der Waals surface area (Å²) in [6.07, 6.45) is -0.979. The molecule has 0 saturated heterocycles. The number of amides is 1. The van der Waals surface area contributed by atoms with Gasteiger partial charge in [0.15, 0.2) is 15.7 Å². The molecule has 0 aliphatic carbocycles. The van der Waals surface area contributed by atoms with Crippen molar-refractivity contribution in [2.24, 2.45) is 0 Å². The number of hydrogen-bond acceptors (Lipinski definition) is 7. The zero-order chi connectivity index (χ0) is 18.7. The number of esters is 1. The van der Waals surface area contributed by atoms with E-state index >= 15 is 0 Å². The van der Waals surface area contributed by atoms with Crippen LogP contribution in [0.4, 0.5) is 5.82 Å². The van der Waals surface area contributed by atoms with E-state index in [0.29, 0.717) is 0 Å². The summed E-state index contributed by atoms with van der Waals surface area (Å²) in [5.41, 5.74) is 0.104. The number of benzene rings is 1. The Hall–Kier alpha value is -2.88. The smallest absolute Gasteiger partial charge is 0.356 e. The summed E-state index contributed by atoms with van der Waals surface area (Å²) < 4.78 is 35.0. The second-order valence-electron chi connectivity index (χ2n) is 5.61. The molecule has 1 amide bonds. The second-order valence-corrected chi connectivity index (χ2v) is 7.61. The fraction of sp³-hybridized carbons (Fsp3) is 0.312. The molecule has 3 rings (SSSR count). The summed E-state index contributed by atoms with van der Waals surface area (Å²) >= 11 is 0. The van der Waals surface area contributed by atoms with E-state index in [-0.39, 0.29) is 40.9 Å². The number of aromatic nitrogens is 2. The van der Waals surface area contributed by atoms with Gasteiger partial charge in [-0.05, 0) is 19.1 Å². The molecule has 2 aromatic rings. The monoisotopic (exact) mass is 379 g/mol. The summed E-state index contributed by atoms with van der Waals surface area (Å²) in [6.45, 7) is 1.89. The average molecular weight is 379 g/mol. The van der Waals surface area contributed by atoms with Gasteiger partial charge in [0.1, 0.15) is 22.4 Å². The normalized spacial score (nSPS) is 17.7. The molecule has 0 fully saturated rings. The van der Waals surface area contributed by atoms with Gasteiger partial charge in [-0.2, -0.15) is 5.10 Å². The molecule has 1 aromatic heterocycles. The Bertz CT molecular complexity index is 937. The van der Waals surface area contributed by atoms with E-state index in [1.165, 1.54) is 12.1 Å². The number of H-pyrrole nitrogens is 1. The summed E-state index contributed by atoms with van der Waals surface area (Å²) in [5, 5.41) is 8.75. The standard InChI is InChI=1S/C16H17N3O6S/c1-2-24-16(21)11-8-14(19-18-11)17-15(20)7-10-9-26(22,23)13-6-4-3-5-12(13)25-10/h3-6,8,10H,2,7,9H2,1H3,(H2,17,18,19,20). The molecule has 0 spiro atoms. The maximum atomic E-state index is 12.3. The van der Waals surface area contributed by atoms with Crippen molar-refractivity contribution in [2.75, 3.05) is 17.7 Å². The number of sulfone groups is 1. The number of carbonyl (C=O) groups is 2. The highest BCUT2D eigenvalue weighted by Gasteiger charge is 2.32. The van der Waals surface area contributed by atoms with Crippen LogP contribution in [0.25, 0.3) is 0 Å². The highest BCUT2D eigenvalue weighted by molar-refractivity contribution is 7.91. The summed E-state index contributed by atoms with van der Waals surface area (Å²) in [6, 6.07) is 7.64. The van der Waals surface area contributed by atoms with E-state index in [1.54, 1.807) is 25.1 Å². The van der Waals surface area contributed by atoms with Gasteiger partial charge in [0, 0.05) is 6.07 Å². The third-order valence-electron chi connectivity index (χ3n) is 3.64. The van der Waals surface area contributed by atoms with Crippen molar-refractivity contribution in [3.8, 4) is 5.75 Å². The first-order valence-electron chi connectivity index (χ1n) is 7.90. The molecular weight excluding hydrogens is 362 g/mol. The number of hydrogen-bond donors (Lipinski definition) is 2. The Morgan fingerprint density at radius 1 is 1.38 bits per heavy atom. The fourth-order valence-corrected chi connectivity index (χ4v) is 4.12. The average Bonchev–Trinajstić information content (AvgIpc) is 3.03. The van der Waals surface area contributed by atoms with Crippen molar-refractivity contribution in [3.05, 3.63) is 36.0 Å². The molecule has 9 nitrogen and oxygen atoms in total. The Kier molecular flexibility index (Phi) is 4.94. The summed E-state index contributed by atoms with van der Waals surface area (Å²) in [7, 11) is -3.51. The molecule has 1 aromatic carbocycles. The van der Waals surface area contributed by atoms with Crippen molar-refractivity contribution < 1.29 is 27.5 Å². The van der Waals surface area contributed by atoms with E-state index in [2.05, 4.69) is 15.5 Å². The molecule has 0 saturated carbocycles. The van der Waals surface area contributed by atoms with Gasteiger partial charge in [0.25, 0.3) is 0 Å². The molecule has 10 heteroatoms. The first-order valence-corrected chi connectivity index (χ1v) is 9.55. The first kappa shape index (κ1) is 17.9. The lowest BCUT2D eigenvalue weighted by Crippen LogP contribution is -2.35. The van der Waals surface area contributed by atoms with Crippen molar-refractivity contribution in [3.63, 3.8) is 0 Å². The minimum atomic E-state index is -3.51. The topological polar surface area (TPSA) is 127 Å². The first-order chi connectivity index (χ1) is 12.4. The number of anilines is 1. The van der Waals surface area contributed by atoms with Crippen molar-refractivity contribution >= 4 is 27.5 Å². The third kappa shape index (κ3) is 3.85. The third-order valence-corrected chi connectivity index (χ3v) is 5.45. The lowest BCUT2D eigenvalue weighted by molar-refractivity contribution is -0.117. The van der Waals surface area contributed by atoms with Gasteiger partial charge in [0.05, 0.1) is 18.8 Å². The molecule has 0 radical (unpaired) electrons.